The lowest BCUT2D eigenvalue weighted by Gasteiger charge is -2.36. The van der Waals surface area contributed by atoms with Crippen molar-refractivity contribution in [3.63, 3.8) is 0 Å². The van der Waals surface area contributed by atoms with Gasteiger partial charge in [0.25, 0.3) is 10.0 Å². The number of phenolic OH excluding ortho intramolecular Hbond substituents is 1. The first-order chi connectivity index (χ1) is 18.0. The van der Waals surface area contributed by atoms with E-state index in [1.807, 2.05) is 26.8 Å². The monoisotopic (exact) mass is 544 g/mol. The van der Waals surface area contributed by atoms with Crippen molar-refractivity contribution in [2.45, 2.75) is 90.0 Å². The molecule has 38 heavy (non-hydrogen) atoms. The predicted molar refractivity (Wildman–Crippen MR) is 152 cm³/mol. The molecule has 0 unspecified atom stereocenters. The van der Waals surface area contributed by atoms with E-state index in [1.165, 1.54) is 30.0 Å². The van der Waals surface area contributed by atoms with Crippen LogP contribution in [0, 0.1) is 11.3 Å². The summed E-state index contributed by atoms with van der Waals surface area (Å²) in [6.45, 7) is 8.23. The van der Waals surface area contributed by atoms with E-state index in [-0.39, 0.29) is 46.2 Å². The van der Waals surface area contributed by atoms with E-state index in [9.17, 15) is 18.3 Å². The molecular formula is C30H44N2O5S. The summed E-state index contributed by atoms with van der Waals surface area (Å²) in [5.74, 6) is 0.699. The van der Waals surface area contributed by atoms with Gasteiger partial charge in [-0.1, -0.05) is 46.1 Å². The van der Waals surface area contributed by atoms with Crippen molar-refractivity contribution in [3.05, 3.63) is 48.0 Å². The smallest absolute Gasteiger partial charge is 0.264 e. The Hall–Kier alpha value is -2.74. The number of benzene rings is 2. The van der Waals surface area contributed by atoms with Gasteiger partial charge in [0.2, 0.25) is 5.91 Å². The first kappa shape index (κ1) is 29.8. The summed E-state index contributed by atoms with van der Waals surface area (Å²) in [4.78, 5) is 13.2. The number of nitrogens with one attached hydrogen (secondary N) is 1. The Balaban J connectivity index is 1.72. The normalized spacial score (nSPS) is 16.2. The Bertz CT molecular complexity index is 1170. The molecule has 0 heterocycles. The van der Waals surface area contributed by atoms with Gasteiger partial charge in [-0.25, -0.2) is 8.42 Å². The van der Waals surface area contributed by atoms with Crippen molar-refractivity contribution in [1.29, 1.82) is 0 Å². The average molecular weight is 545 g/mol. The maximum Gasteiger partial charge on any atom is 0.264 e. The molecule has 3 rings (SSSR count). The molecule has 1 atom stereocenters. The van der Waals surface area contributed by atoms with Crippen LogP contribution in [0.2, 0.25) is 0 Å². The van der Waals surface area contributed by atoms with Gasteiger partial charge < -0.3 is 15.2 Å². The lowest BCUT2D eigenvalue weighted by atomic mass is 9.71. The standard InChI is InChI=1S/C30H44N2O5S/c1-6-30(18-8-7-9-19-30)29(34)31-23(4)10-11-24-12-17-27(28(33)20-24)32(21-22(2)3)38(35,36)26-15-13-25(37-5)14-16-26/h12-17,20,22-23,33H,6-11,18-19,21H2,1-5H3,(H,31,34)/t23-/m0/s1. The lowest BCUT2D eigenvalue weighted by Crippen LogP contribution is -2.45. The summed E-state index contributed by atoms with van der Waals surface area (Å²) in [5.41, 5.74) is 0.908. The third-order valence-corrected chi connectivity index (χ3v) is 9.49. The van der Waals surface area contributed by atoms with E-state index in [0.29, 0.717) is 12.2 Å². The Labute approximate surface area is 228 Å². The largest absolute Gasteiger partial charge is 0.506 e. The molecule has 210 valence electrons. The van der Waals surface area contributed by atoms with Gasteiger partial charge in [0.05, 0.1) is 17.7 Å². The minimum Gasteiger partial charge on any atom is -0.506 e. The highest BCUT2D eigenvalue weighted by Crippen LogP contribution is 2.39. The van der Waals surface area contributed by atoms with Crippen molar-refractivity contribution in [1.82, 2.24) is 5.32 Å². The topological polar surface area (TPSA) is 95.9 Å². The predicted octanol–water partition coefficient (Wildman–Crippen LogP) is 6.05. The average Bonchev–Trinajstić information content (AvgIpc) is 2.91. The summed E-state index contributed by atoms with van der Waals surface area (Å²) in [7, 11) is -2.37. The van der Waals surface area contributed by atoms with E-state index < -0.39 is 10.0 Å². The third-order valence-electron chi connectivity index (χ3n) is 7.70. The summed E-state index contributed by atoms with van der Waals surface area (Å²) < 4.78 is 33.5. The molecule has 0 spiro atoms. The Morgan fingerprint density at radius 3 is 2.29 bits per heavy atom. The number of sulfonamides is 1. The van der Waals surface area contributed by atoms with E-state index >= 15 is 0 Å². The summed E-state index contributed by atoms with van der Waals surface area (Å²) in [5, 5.41) is 14.1. The number of ether oxygens (including phenoxy) is 1. The molecule has 0 aromatic heterocycles. The van der Waals surface area contributed by atoms with Gasteiger partial charge in [0.15, 0.2) is 0 Å². The van der Waals surface area contributed by atoms with Gasteiger partial charge in [0.1, 0.15) is 11.5 Å². The zero-order valence-electron chi connectivity index (χ0n) is 23.5. The number of nitrogens with zero attached hydrogens (tertiary/aromatic N) is 1. The van der Waals surface area contributed by atoms with Crippen LogP contribution in [0.5, 0.6) is 11.5 Å². The van der Waals surface area contributed by atoms with Crippen molar-refractivity contribution in [2.24, 2.45) is 11.3 Å². The van der Waals surface area contributed by atoms with Crippen LogP contribution >= 0.6 is 0 Å². The Kier molecular flexibility index (Phi) is 10.1. The van der Waals surface area contributed by atoms with Crippen LogP contribution in [0.15, 0.2) is 47.4 Å². The molecular weight excluding hydrogens is 500 g/mol. The van der Waals surface area contributed by atoms with Gasteiger partial charge in [-0.15, -0.1) is 0 Å². The van der Waals surface area contributed by atoms with Crippen LogP contribution in [0.3, 0.4) is 0 Å². The molecule has 2 aromatic carbocycles. The zero-order valence-corrected chi connectivity index (χ0v) is 24.3. The fraction of sp³-hybridized carbons (Fsp3) is 0.567. The third kappa shape index (κ3) is 7.01. The van der Waals surface area contributed by atoms with Crippen LogP contribution < -0.4 is 14.4 Å². The number of hydrogen-bond donors (Lipinski definition) is 2. The Morgan fingerprint density at radius 1 is 1.08 bits per heavy atom. The number of carbonyl (C=O) groups excluding carboxylic acids is 1. The van der Waals surface area contributed by atoms with Crippen LogP contribution in [-0.4, -0.2) is 39.1 Å². The molecule has 2 aromatic rings. The minimum atomic E-state index is -3.90. The quantitative estimate of drug-likeness (QED) is 0.339. The summed E-state index contributed by atoms with van der Waals surface area (Å²) in [6, 6.07) is 11.4. The molecule has 0 aliphatic heterocycles. The molecule has 0 bridgehead atoms. The lowest BCUT2D eigenvalue weighted by molar-refractivity contribution is -0.133. The van der Waals surface area contributed by atoms with E-state index in [4.69, 9.17) is 4.74 Å². The van der Waals surface area contributed by atoms with Crippen LogP contribution in [-0.2, 0) is 21.2 Å². The number of rotatable bonds is 12. The van der Waals surface area contributed by atoms with Gasteiger partial charge in [-0.3, -0.25) is 9.10 Å². The minimum absolute atomic E-state index is 0.00237. The van der Waals surface area contributed by atoms with Crippen molar-refractivity contribution in [3.8, 4) is 11.5 Å². The number of amides is 1. The number of hydrogen-bond acceptors (Lipinski definition) is 5. The highest BCUT2D eigenvalue weighted by Gasteiger charge is 2.38. The number of phenols is 1. The number of anilines is 1. The second kappa shape index (κ2) is 12.9. The number of carbonyl (C=O) groups is 1. The van der Waals surface area contributed by atoms with Gasteiger partial charge in [-0.05, 0) is 86.9 Å². The molecule has 0 saturated heterocycles. The van der Waals surface area contributed by atoms with Crippen molar-refractivity contribution < 1.29 is 23.1 Å². The molecule has 1 aliphatic rings. The van der Waals surface area contributed by atoms with E-state index in [2.05, 4.69) is 12.2 Å². The molecule has 7 nitrogen and oxygen atoms in total. The SMILES string of the molecule is CCC1(C(=O)N[C@@H](C)CCc2ccc(N(CC(C)C)S(=O)(=O)c3ccc(OC)cc3)c(O)c2)CCCCC1. The fourth-order valence-corrected chi connectivity index (χ4v) is 6.91. The zero-order chi connectivity index (χ0) is 27.9. The van der Waals surface area contributed by atoms with E-state index in [0.717, 1.165) is 44.1 Å². The van der Waals surface area contributed by atoms with Crippen molar-refractivity contribution in [2.75, 3.05) is 18.0 Å². The van der Waals surface area contributed by atoms with E-state index in [1.54, 1.807) is 24.3 Å². The molecule has 1 fully saturated rings. The van der Waals surface area contributed by atoms with Crippen LogP contribution in [0.4, 0.5) is 5.69 Å². The molecule has 8 heteroatoms. The molecule has 1 amide bonds. The molecule has 1 aliphatic carbocycles. The fourth-order valence-electron chi connectivity index (χ4n) is 5.27. The second-order valence-corrected chi connectivity index (χ2v) is 12.9. The Morgan fingerprint density at radius 2 is 1.74 bits per heavy atom. The van der Waals surface area contributed by atoms with Crippen LogP contribution in [0.25, 0.3) is 0 Å². The van der Waals surface area contributed by atoms with Gasteiger partial charge >= 0.3 is 0 Å². The first-order valence-electron chi connectivity index (χ1n) is 13.8. The highest BCUT2D eigenvalue weighted by atomic mass is 32.2. The van der Waals surface area contributed by atoms with Gasteiger partial charge in [-0.2, -0.15) is 0 Å². The number of aromatic hydroxyl groups is 1. The number of methoxy groups -OCH3 is 1. The second-order valence-electron chi connectivity index (χ2n) is 11.0. The highest BCUT2D eigenvalue weighted by molar-refractivity contribution is 7.92. The molecule has 2 N–H and O–H groups in total. The van der Waals surface area contributed by atoms with Crippen molar-refractivity contribution >= 4 is 21.6 Å². The summed E-state index contributed by atoms with van der Waals surface area (Å²) >= 11 is 0. The molecule has 0 radical (unpaired) electrons. The molecule has 1 saturated carbocycles. The maximum absolute atomic E-state index is 13.5. The van der Waals surface area contributed by atoms with Gasteiger partial charge in [0, 0.05) is 18.0 Å². The maximum atomic E-state index is 13.5. The summed E-state index contributed by atoms with van der Waals surface area (Å²) in [6.07, 6.45) is 7.61. The van der Waals surface area contributed by atoms with Crippen LogP contribution in [0.1, 0.15) is 78.2 Å². The first-order valence-corrected chi connectivity index (χ1v) is 15.3. The number of aryl methyl sites for hydroxylation is 1.